The number of hydrogen-bond donors (Lipinski definition) is 1. The van der Waals surface area contributed by atoms with E-state index in [9.17, 15) is 0 Å². The predicted molar refractivity (Wildman–Crippen MR) is 68.0 cm³/mol. The van der Waals surface area contributed by atoms with Crippen LogP contribution in [0.15, 0.2) is 0 Å². The molecule has 1 saturated carbocycles. The lowest BCUT2D eigenvalue weighted by molar-refractivity contribution is 0.0262. The SMILES string of the molecule is NCC1(N2CCN(CC3CC3)CC2)CCOC1. The molecule has 1 unspecified atom stereocenters. The maximum atomic E-state index is 5.99. The van der Waals surface area contributed by atoms with E-state index in [-0.39, 0.29) is 5.54 Å². The smallest absolute Gasteiger partial charge is 0.0663 e. The molecular weight excluding hydrogens is 214 g/mol. The first-order chi connectivity index (χ1) is 8.32. The van der Waals surface area contributed by atoms with E-state index in [1.165, 1.54) is 45.6 Å². The van der Waals surface area contributed by atoms with Crippen molar-refractivity contribution in [1.29, 1.82) is 0 Å². The summed E-state index contributed by atoms with van der Waals surface area (Å²) in [6.07, 6.45) is 4.04. The number of hydrogen-bond acceptors (Lipinski definition) is 4. The van der Waals surface area contributed by atoms with Crippen molar-refractivity contribution in [2.24, 2.45) is 11.7 Å². The quantitative estimate of drug-likeness (QED) is 0.757. The van der Waals surface area contributed by atoms with E-state index >= 15 is 0 Å². The standard InChI is InChI=1S/C13H25N3O/c14-10-13(3-8-17-11-13)16-6-4-15(5-7-16)9-12-1-2-12/h12H,1-11,14H2. The summed E-state index contributed by atoms with van der Waals surface area (Å²) in [7, 11) is 0. The van der Waals surface area contributed by atoms with Gasteiger partial charge in [-0.3, -0.25) is 4.90 Å². The van der Waals surface area contributed by atoms with Crippen LogP contribution in [0.25, 0.3) is 0 Å². The summed E-state index contributed by atoms with van der Waals surface area (Å²) in [6.45, 7) is 8.60. The first-order valence-corrected chi connectivity index (χ1v) is 7.08. The molecule has 98 valence electrons. The molecule has 3 aliphatic rings. The summed E-state index contributed by atoms with van der Waals surface area (Å²) in [5, 5.41) is 0. The van der Waals surface area contributed by atoms with Crippen LogP contribution in [0.2, 0.25) is 0 Å². The van der Waals surface area contributed by atoms with Crippen LogP contribution in [0.1, 0.15) is 19.3 Å². The molecule has 2 N–H and O–H groups in total. The molecule has 2 aliphatic heterocycles. The minimum atomic E-state index is 0.158. The van der Waals surface area contributed by atoms with Gasteiger partial charge in [0.2, 0.25) is 0 Å². The molecule has 2 heterocycles. The highest BCUT2D eigenvalue weighted by Gasteiger charge is 2.40. The minimum absolute atomic E-state index is 0.158. The first kappa shape index (κ1) is 11.9. The molecule has 0 aromatic carbocycles. The van der Waals surface area contributed by atoms with Crippen molar-refractivity contribution in [2.75, 3.05) is 52.5 Å². The first-order valence-electron chi connectivity index (χ1n) is 7.08. The number of nitrogens with zero attached hydrogens (tertiary/aromatic N) is 2. The Morgan fingerprint density at radius 3 is 2.47 bits per heavy atom. The largest absolute Gasteiger partial charge is 0.379 e. The Balaban J connectivity index is 1.52. The summed E-state index contributed by atoms with van der Waals surface area (Å²) >= 11 is 0. The summed E-state index contributed by atoms with van der Waals surface area (Å²) in [6, 6.07) is 0. The van der Waals surface area contributed by atoms with Crippen molar-refractivity contribution in [1.82, 2.24) is 9.80 Å². The third-order valence-electron chi connectivity index (χ3n) is 4.72. The molecule has 0 bridgehead atoms. The van der Waals surface area contributed by atoms with Crippen LogP contribution in [0, 0.1) is 5.92 Å². The maximum absolute atomic E-state index is 5.99. The molecule has 17 heavy (non-hydrogen) atoms. The van der Waals surface area contributed by atoms with Gasteiger partial charge in [-0.25, -0.2) is 0 Å². The zero-order valence-corrected chi connectivity index (χ0v) is 10.7. The highest BCUT2D eigenvalue weighted by molar-refractivity contribution is 4.97. The average Bonchev–Trinajstić information content (AvgIpc) is 3.05. The molecule has 0 amide bonds. The van der Waals surface area contributed by atoms with E-state index < -0.39 is 0 Å². The summed E-state index contributed by atoms with van der Waals surface area (Å²) < 4.78 is 5.57. The van der Waals surface area contributed by atoms with Crippen LogP contribution in [0.3, 0.4) is 0 Å². The van der Waals surface area contributed by atoms with Crippen LogP contribution in [0.4, 0.5) is 0 Å². The Morgan fingerprint density at radius 1 is 1.18 bits per heavy atom. The molecule has 1 aliphatic carbocycles. The second-order valence-electron chi connectivity index (χ2n) is 5.96. The van der Waals surface area contributed by atoms with E-state index in [1.807, 2.05) is 0 Å². The molecule has 0 aromatic heterocycles. The highest BCUT2D eigenvalue weighted by atomic mass is 16.5. The Bertz CT molecular complexity index is 253. The van der Waals surface area contributed by atoms with E-state index in [1.54, 1.807) is 0 Å². The second-order valence-corrected chi connectivity index (χ2v) is 5.96. The van der Waals surface area contributed by atoms with Crippen LogP contribution >= 0.6 is 0 Å². The van der Waals surface area contributed by atoms with Crippen molar-refractivity contribution in [3.63, 3.8) is 0 Å². The van der Waals surface area contributed by atoms with Gasteiger partial charge < -0.3 is 15.4 Å². The fourth-order valence-electron chi connectivity index (χ4n) is 3.21. The lowest BCUT2D eigenvalue weighted by Crippen LogP contribution is -2.60. The molecule has 0 aromatic rings. The molecular formula is C13H25N3O. The van der Waals surface area contributed by atoms with Gasteiger partial charge in [0, 0.05) is 45.9 Å². The molecule has 2 saturated heterocycles. The number of rotatable bonds is 4. The zero-order chi connectivity index (χ0) is 11.7. The predicted octanol–water partition coefficient (Wildman–Crippen LogP) is 0.132. The Morgan fingerprint density at radius 2 is 1.94 bits per heavy atom. The van der Waals surface area contributed by atoms with Crippen LogP contribution in [-0.2, 0) is 4.74 Å². The zero-order valence-electron chi connectivity index (χ0n) is 10.7. The van der Waals surface area contributed by atoms with Crippen molar-refractivity contribution in [3.05, 3.63) is 0 Å². The fraction of sp³-hybridized carbons (Fsp3) is 1.00. The van der Waals surface area contributed by atoms with E-state index in [4.69, 9.17) is 10.5 Å². The summed E-state index contributed by atoms with van der Waals surface area (Å²) in [5.41, 5.74) is 6.15. The van der Waals surface area contributed by atoms with Gasteiger partial charge in [0.1, 0.15) is 0 Å². The van der Waals surface area contributed by atoms with Crippen molar-refractivity contribution in [3.8, 4) is 0 Å². The number of nitrogens with two attached hydrogens (primary N) is 1. The third kappa shape index (κ3) is 2.50. The lowest BCUT2D eigenvalue weighted by Gasteiger charge is -2.44. The Hall–Kier alpha value is -0.160. The van der Waals surface area contributed by atoms with Crippen molar-refractivity contribution < 1.29 is 4.74 Å². The monoisotopic (exact) mass is 239 g/mol. The fourth-order valence-corrected chi connectivity index (χ4v) is 3.21. The van der Waals surface area contributed by atoms with Gasteiger partial charge in [-0.2, -0.15) is 0 Å². The van der Waals surface area contributed by atoms with Gasteiger partial charge in [0.25, 0.3) is 0 Å². The molecule has 0 spiro atoms. The van der Waals surface area contributed by atoms with Gasteiger partial charge in [0.05, 0.1) is 12.1 Å². The van der Waals surface area contributed by atoms with E-state index in [0.717, 1.165) is 32.1 Å². The van der Waals surface area contributed by atoms with Gasteiger partial charge >= 0.3 is 0 Å². The summed E-state index contributed by atoms with van der Waals surface area (Å²) in [4.78, 5) is 5.22. The number of ether oxygens (including phenoxy) is 1. The molecule has 4 nitrogen and oxygen atoms in total. The highest BCUT2D eigenvalue weighted by Crippen LogP contribution is 2.31. The molecule has 0 radical (unpaired) electrons. The van der Waals surface area contributed by atoms with Crippen LogP contribution < -0.4 is 5.73 Å². The second kappa shape index (κ2) is 4.84. The van der Waals surface area contributed by atoms with Crippen LogP contribution in [-0.4, -0.2) is 67.8 Å². The molecule has 4 heteroatoms. The maximum Gasteiger partial charge on any atom is 0.0663 e. The van der Waals surface area contributed by atoms with E-state index in [0.29, 0.717) is 0 Å². The van der Waals surface area contributed by atoms with Gasteiger partial charge in [-0.1, -0.05) is 0 Å². The summed E-state index contributed by atoms with van der Waals surface area (Å²) in [5.74, 6) is 1.01. The number of piperazine rings is 1. The van der Waals surface area contributed by atoms with E-state index in [2.05, 4.69) is 9.80 Å². The van der Waals surface area contributed by atoms with Crippen molar-refractivity contribution in [2.45, 2.75) is 24.8 Å². The van der Waals surface area contributed by atoms with Crippen molar-refractivity contribution >= 4 is 0 Å². The topological polar surface area (TPSA) is 41.7 Å². The Labute approximate surface area is 104 Å². The average molecular weight is 239 g/mol. The molecule has 1 atom stereocenters. The van der Waals surface area contributed by atoms with Crippen LogP contribution in [0.5, 0.6) is 0 Å². The Kier molecular flexibility index (Phi) is 3.39. The molecule has 3 fully saturated rings. The van der Waals surface area contributed by atoms with Gasteiger partial charge in [0.15, 0.2) is 0 Å². The minimum Gasteiger partial charge on any atom is -0.379 e. The van der Waals surface area contributed by atoms with Gasteiger partial charge in [-0.05, 0) is 25.2 Å². The lowest BCUT2D eigenvalue weighted by atomic mass is 9.95. The van der Waals surface area contributed by atoms with Gasteiger partial charge in [-0.15, -0.1) is 0 Å². The molecule has 3 rings (SSSR count). The third-order valence-corrected chi connectivity index (χ3v) is 4.72. The normalized spacial score (nSPS) is 36.5.